The summed E-state index contributed by atoms with van der Waals surface area (Å²) < 4.78 is 5.44. The summed E-state index contributed by atoms with van der Waals surface area (Å²) in [6.07, 6.45) is 2.03. The molecule has 1 aliphatic rings. The number of aliphatic hydroxyl groups excluding tert-OH is 1. The minimum absolute atomic E-state index is 0.313. The lowest BCUT2D eigenvalue weighted by atomic mass is 9.73. The maximum absolute atomic E-state index is 10.8. The van der Waals surface area contributed by atoms with Crippen LogP contribution in [-0.4, -0.2) is 30.5 Å². The summed E-state index contributed by atoms with van der Waals surface area (Å²) in [5, 5.41) is 10.8. The van der Waals surface area contributed by atoms with E-state index in [1.165, 1.54) is 11.1 Å². The average Bonchev–Trinajstić information content (AvgIpc) is 2.78. The number of benzene rings is 1. The molecule has 2 atom stereocenters. The van der Waals surface area contributed by atoms with Gasteiger partial charge in [0, 0.05) is 25.5 Å². The Morgan fingerprint density at radius 1 is 1.42 bits per heavy atom. The Balaban J connectivity index is 2.30. The van der Waals surface area contributed by atoms with Crippen molar-refractivity contribution in [3.8, 4) is 0 Å². The van der Waals surface area contributed by atoms with Gasteiger partial charge in [-0.15, -0.1) is 0 Å². The molecule has 2 rings (SSSR count). The number of aliphatic hydroxyl groups is 1. The number of hydrogen-bond donors (Lipinski definition) is 2. The van der Waals surface area contributed by atoms with Crippen LogP contribution in [0.25, 0.3) is 0 Å². The molecule has 19 heavy (non-hydrogen) atoms. The fourth-order valence-electron chi connectivity index (χ4n) is 3.15. The molecular formula is C16H25NO2. The second kappa shape index (κ2) is 5.23. The smallest absolute Gasteiger partial charge is 0.0676 e. The highest BCUT2D eigenvalue weighted by Gasteiger charge is 2.45. The molecule has 0 saturated carbocycles. The molecule has 0 aromatic heterocycles. The molecule has 1 aromatic carbocycles. The van der Waals surface area contributed by atoms with Crippen molar-refractivity contribution in [2.75, 3.05) is 13.7 Å². The molecule has 3 N–H and O–H groups in total. The van der Waals surface area contributed by atoms with Gasteiger partial charge in [-0.2, -0.15) is 0 Å². The molecule has 0 radical (unpaired) electrons. The molecule has 0 aliphatic heterocycles. The average molecular weight is 263 g/mol. The zero-order valence-electron chi connectivity index (χ0n) is 12.1. The second-order valence-electron chi connectivity index (χ2n) is 6.20. The van der Waals surface area contributed by atoms with E-state index < -0.39 is 6.10 Å². The number of methoxy groups -OCH3 is 1. The molecule has 0 spiro atoms. The number of nitrogens with two attached hydrogens (primary N) is 1. The van der Waals surface area contributed by atoms with Gasteiger partial charge in [-0.3, -0.25) is 0 Å². The summed E-state index contributed by atoms with van der Waals surface area (Å²) in [5.41, 5.74) is 7.94. The van der Waals surface area contributed by atoms with Crippen LogP contribution in [0, 0.1) is 0 Å². The summed E-state index contributed by atoms with van der Waals surface area (Å²) in [5.74, 6) is 0. The van der Waals surface area contributed by atoms with Gasteiger partial charge < -0.3 is 15.6 Å². The first kappa shape index (κ1) is 14.5. The lowest BCUT2D eigenvalue weighted by Crippen LogP contribution is -2.47. The van der Waals surface area contributed by atoms with Crippen molar-refractivity contribution in [1.29, 1.82) is 0 Å². The van der Waals surface area contributed by atoms with Gasteiger partial charge in [0.15, 0.2) is 0 Å². The molecule has 2 unspecified atom stereocenters. The standard InChI is InChI=1S/C16H25NO2/c1-15(2,19-3)10-14(18)16(11-17)9-8-12-6-4-5-7-13(12)16/h4-7,14,18H,8-11,17H2,1-3H3. The van der Waals surface area contributed by atoms with Crippen LogP contribution in [0.1, 0.15) is 37.8 Å². The molecule has 0 amide bonds. The third-order valence-electron chi connectivity index (χ3n) is 4.63. The largest absolute Gasteiger partial charge is 0.392 e. The first-order valence-electron chi connectivity index (χ1n) is 6.97. The fraction of sp³-hybridized carbons (Fsp3) is 0.625. The highest BCUT2D eigenvalue weighted by atomic mass is 16.5. The van der Waals surface area contributed by atoms with E-state index in [-0.39, 0.29) is 11.0 Å². The van der Waals surface area contributed by atoms with Crippen LogP contribution in [0.15, 0.2) is 24.3 Å². The Labute approximate surface area is 115 Å². The zero-order chi connectivity index (χ0) is 14.1. The van der Waals surface area contributed by atoms with Crippen molar-refractivity contribution in [2.24, 2.45) is 5.73 Å². The number of rotatable bonds is 5. The van der Waals surface area contributed by atoms with Crippen LogP contribution in [0.4, 0.5) is 0 Å². The molecule has 1 aliphatic carbocycles. The Morgan fingerprint density at radius 3 is 2.74 bits per heavy atom. The predicted molar refractivity (Wildman–Crippen MR) is 77.2 cm³/mol. The van der Waals surface area contributed by atoms with Crippen LogP contribution in [0.2, 0.25) is 0 Å². The Morgan fingerprint density at radius 2 is 2.11 bits per heavy atom. The van der Waals surface area contributed by atoms with Gasteiger partial charge in [0.25, 0.3) is 0 Å². The Bertz CT molecular complexity index is 444. The molecule has 0 fully saturated rings. The third kappa shape index (κ3) is 2.55. The molecule has 0 bridgehead atoms. The van der Waals surface area contributed by atoms with Gasteiger partial charge in [-0.05, 0) is 37.8 Å². The molecule has 3 heteroatoms. The van der Waals surface area contributed by atoms with E-state index in [0.29, 0.717) is 13.0 Å². The maximum atomic E-state index is 10.8. The summed E-state index contributed by atoms with van der Waals surface area (Å²) in [6.45, 7) is 4.48. The van der Waals surface area contributed by atoms with E-state index >= 15 is 0 Å². The van der Waals surface area contributed by atoms with Gasteiger partial charge >= 0.3 is 0 Å². The van der Waals surface area contributed by atoms with Crippen molar-refractivity contribution < 1.29 is 9.84 Å². The Kier molecular flexibility index (Phi) is 4.00. The van der Waals surface area contributed by atoms with E-state index in [1.807, 2.05) is 19.9 Å². The number of ether oxygens (including phenoxy) is 1. The quantitative estimate of drug-likeness (QED) is 0.854. The number of hydrogen-bond acceptors (Lipinski definition) is 3. The van der Waals surface area contributed by atoms with Crippen LogP contribution in [0.3, 0.4) is 0 Å². The van der Waals surface area contributed by atoms with Crippen LogP contribution < -0.4 is 5.73 Å². The SMILES string of the molecule is COC(C)(C)CC(O)C1(CN)CCc2ccccc21. The molecule has 0 saturated heterocycles. The van der Waals surface area contributed by atoms with E-state index in [0.717, 1.165) is 12.8 Å². The molecular weight excluding hydrogens is 238 g/mol. The minimum atomic E-state index is -0.476. The van der Waals surface area contributed by atoms with E-state index in [1.54, 1.807) is 7.11 Å². The third-order valence-corrected chi connectivity index (χ3v) is 4.63. The molecule has 1 aromatic rings. The molecule has 0 heterocycles. The van der Waals surface area contributed by atoms with Crippen LogP contribution in [0.5, 0.6) is 0 Å². The predicted octanol–water partition coefficient (Wildman–Crippen LogP) is 2.01. The van der Waals surface area contributed by atoms with Crippen LogP contribution >= 0.6 is 0 Å². The minimum Gasteiger partial charge on any atom is -0.392 e. The number of fused-ring (bicyclic) bond motifs is 1. The van der Waals surface area contributed by atoms with Crippen molar-refractivity contribution in [2.45, 2.75) is 50.2 Å². The van der Waals surface area contributed by atoms with Crippen molar-refractivity contribution >= 4 is 0 Å². The van der Waals surface area contributed by atoms with Gasteiger partial charge in [0.2, 0.25) is 0 Å². The van der Waals surface area contributed by atoms with Gasteiger partial charge in [-0.1, -0.05) is 24.3 Å². The van der Waals surface area contributed by atoms with Crippen molar-refractivity contribution in [3.05, 3.63) is 35.4 Å². The van der Waals surface area contributed by atoms with E-state index in [9.17, 15) is 5.11 Å². The molecule has 3 nitrogen and oxygen atoms in total. The van der Waals surface area contributed by atoms with Gasteiger partial charge in [0.1, 0.15) is 0 Å². The lowest BCUT2D eigenvalue weighted by molar-refractivity contribution is -0.0406. The normalized spacial score (nSPS) is 24.3. The summed E-state index contributed by atoms with van der Waals surface area (Å²) >= 11 is 0. The second-order valence-corrected chi connectivity index (χ2v) is 6.20. The van der Waals surface area contributed by atoms with E-state index in [4.69, 9.17) is 10.5 Å². The fourth-order valence-corrected chi connectivity index (χ4v) is 3.15. The zero-order valence-corrected chi connectivity index (χ0v) is 12.1. The maximum Gasteiger partial charge on any atom is 0.0676 e. The Hall–Kier alpha value is -0.900. The van der Waals surface area contributed by atoms with Crippen molar-refractivity contribution in [3.63, 3.8) is 0 Å². The van der Waals surface area contributed by atoms with Crippen molar-refractivity contribution in [1.82, 2.24) is 0 Å². The molecule has 106 valence electrons. The summed E-state index contributed by atoms with van der Waals surface area (Å²) in [6, 6.07) is 8.33. The van der Waals surface area contributed by atoms with Gasteiger partial charge in [0.05, 0.1) is 11.7 Å². The topological polar surface area (TPSA) is 55.5 Å². The summed E-state index contributed by atoms with van der Waals surface area (Å²) in [4.78, 5) is 0. The lowest BCUT2D eigenvalue weighted by Gasteiger charge is -2.38. The monoisotopic (exact) mass is 263 g/mol. The van der Waals surface area contributed by atoms with Gasteiger partial charge in [-0.25, -0.2) is 0 Å². The first-order chi connectivity index (χ1) is 8.95. The summed E-state index contributed by atoms with van der Waals surface area (Å²) in [7, 11) is 1.68. The van der Waals surface area contributed by atoms with Crippen LogP contribution in [-0.2, 0) is 16.6 Å². The highest BCUT2D eigenvalue weighted by Crippen LogP contribution is 2.43. The van der Waals surface area contributed by atoms with E-state index in [2.05, 4.69) is 18.2 Å². The first-order valence-corrected chi connectivity index (χ1v) is 6.97. The number of aryl methyl sites for hydroxylation is 1. The highest BCUT2D eigenvalue weighted by molar-refractivity contribution is 5.41.